The molecule has 1 aromatic heterocycles. The third-order valence-electron chi connectivity index (χ3n) is 5.38. The Bertz CT molecular complexity index is 1000. The maximum absolute atomic E-state index is 12.6. The second kappa shape index (κ2) is 7.07. The normalized spacial score (nSPS) is 16.3. The molecule has 1 aromatic carbocycles. The molecule has 0 spiro atoms. The summed E-state index contributed by atoms with van der Waals surface area (Å²) >= 11 is 0. The van der Waals surface area contributed by atoms with Crippen LogP contribution in [0.1, 0.15) is 35.2 Å². The number of carbonyl (C=O) groups is 1. The van der Waals surface area contributed by atoms with E-state index >= 15 is 0 Å². The molecule has 0 saturated heterocycles. The van der Waals surface area contributed by atoms with E-state index in [0.717, 1.165) is 24.1 Å². The van der Waals surface area contributed by atoms with Crippen molar-refractivity contribution in [1.29, 1.82) is 5.26 Å². The zero-order valence-electron chi connectivity index (χ0n) is 15.6. The topological polar surface area (TPSA) is 83.0 Å². The summed E-state index contributed by atoms with van der Waals surface area (Å²) in [5.74, 6) is 0.291. The van der Waals surface area contributed by atoms with Crippen molar-refractivity contribution >= 4 is 11.7 Å². The van der Waals surface area contributed by atoms with Crippen molar-refractivity contribution in [2.24, 2.45) is 5.92 Å². The standard InChI is InChI=1S/C21H19F3N4O/c22-21(23,24)9-12-1-3-13(4-2-12)18-15(10-25)19(26)27-17-7-8-28(11-16(17)18)20(29)14-5-6-14/h1-4,14H,5-9,11H2,(H2,26,27). The lowest BCUT2D eigenvalue weighted by atomic mass is 9.90. The summed E-state index contributed by atoms with van der Waals surface area (Å²) in [6.45, 7) is 0.872. The van der Waals surface area contributed by atoms with Crippen molar-refractivity contribution < 1.29 is 18.0 Å². The number of nitriles is 1. The number of halogens is 3. The van der Waals surface area contributed by atoms with Gasteiger partial charge in [0.05, 0.1) is 12.1 Å². The molecular weight excluding hydrogens is 381 g/mol. The van der Waals surface area contributed by atoms with Crippen LogP contribution in [0.4, 0.5) is 19.0 Å². The molecule has 2 aliphatic rings. The molecule has 5 nitrogen and oxygen atoms in total. The number of fused-ring (bicyclic) bond motifs is 1. The number of aromatic nitrogens is 1. The third-order valence-corrected chi connectivity index (χ3v) is 5.38. The quantitative estimate of drug-likeness (QED) is 0.853. The first-order valence-electron chi connectivity index (χ1n) is 9.43. The number of nitrogens with two attached hydrogens (primary N) is 1. The lowest BCUT2D eigenvalue weighted by Gasteiger charge is -2.30. The minimum Gasteiger partial charge on any atom is -0.383 e. The highest BCUT2D eigenvalue weighted by molar-refractivity contribution is 5.83. The Labute approximate surface area is 165 Å². The van der Waals surface area contributed by atoms with Gasteiger partial charge in [0.2, 0.25) is 5.91 Å². The number of alkyl halides is 3. The fraction of sp³-hybridized carbons (Fsp3) is 0.381. The summed E-state index contributed by atoms with van der Waals surface area (Å²) < 4.78 is 37.9. The Kier molecular flexibility index (Phi) is 4.69. The van der Waals surface area contributed by atoms with E-state index < -0.39 is 12.6 Å². The molecule has 4 rings (SSSR count). The molecule has 0 bridgehead atoms. The molecule has 1 aliphatic carbocycles. The van der Waals surface area contributed by atoms with E-state index in [2.05, 4.69) is 11.1 Å². The molecule has 0 unspecified atom stereocenters. The highest BCUT2D eigenvalue weighted by Gasteiger charge is 2.36. The van der Waals surface area contributed by atoms with Gasteiger partial charge in [-0.3, -0.25) is 4.79 Å². The van der Waals surface area contributed by atoms with Gasteiger partial charge in [-0.2, -0.15) is 18.4 Å². The van der Waals surface area contributed by atoms with Crippen LogP contribution in [0.3, 0.4) is 0 Å². The van der Waals surface area contributed by atoms with Crippen LogP contribution in [-0.2, 0) is 24.2 Å². The predicted octanol–water partition coefficient (Wildman–Crippen LogP) is 3.60. The number of nitrogens with zero attached hydrogens (tertiary/aromatic N) is 3. The van der Waals surface area contributed by atoms with Gasteiger partial charge in [0.15, 0.2) is 0 Å². The van der Waals surface area contributed by atoms with E-state index in [1.165, 1.54) is 12.1 Å². The van der Waals surface area contributed by atoms with Crippen molar-refractivity contribution in [1.82, 2.24) is 9.88 Å². The lowest BCUT2D eigenvalue weighted by molar-refractivity contribution is -0.133. The molecule has 2 aromatic rings. The molecule has 29 heavy (non-hydrogen) atoms. The average Bonchev–Trinajstić information content (AvgIpc) is 3.51. The van der Waals surface area contributed by atoms with E-state index in [-0.39, 0.29) is 28.8 Å². The Balaban J connectivity index is 1.75. The number of benzene rings is 1. The van der Waals surface area contributed by atoms with Crippen LogP contribution >= 0.6 is 0 Å². The molecular formula is C21H19F3N4O. The van der Waals surface area contributed by atoms with E-state index in [9.17, 15) is 23.2 Å². The van der Waals surface area contributed by atoms with Crippen LogP contribution in [0, 0.1) is 17.2 Å². The largest absolute Gasteiger partial charge is 0.393 e. The Hall–Kier alpha value is -3.08. The number of amides is 1. The number of anilines is 1. The maximum atomic E-state index is 12.6. The molecule has 1 amide bonds. The fourth-order valence-electron chi connectivity index (χ4n) is 3.81. The van der Waals surface area contributed by atoms with Gasteiger partial charge in [-0.05, 0) is 24.0 Å². The summed E-state index contributed by atoms with van der Waals surface area (Å²) in [5, 5.41) is 9.64. The Morgan fingerprint density at radius 1 is 1.28 bits per heavy atom. The molecule has 8 heteroatoms. The second-order valence-corrected chi connectivity index (χ2v) is 7.56. The first kappa shape index (κ1) is 19.2. The van der Waals surface area contributed by atoms with E-state index in [1.807, 2.05) is 0 Å². The third kappa shape index (κ3) is 3.90. The van der Waals surface area contributed by atoms with Gasteiger partial charge in [0, 0.05) is 36.6 Å². The van der Waals surface area contributed by atoms with Gasteiger partial charge in [0.1, 0.15) is 17.5 Å². The van der Waals surface area contributed by atoms with Crippen LogP contribution in [0.25, 0.3) is 11.1 Å². The number of pyridine rings is 1. The highest BCUT2D eigenvalue weighted by atomic mass is 19.4. The number of hydrogen-bond donors (Lipinski definition) is 1. The second-order valence-electron chi connectivity index (χ2n) is 7.56. The summed E-state index contributed by atoms with van der Waals surface area (Å²) in [5.41, 5.74) is 8.96. The van der Waals surface area contributed by atoms with Crippen molar-refractivity contribution in [3.63, 3.8) is 0 Å². The van der Waals surface area contributed by atoms with E-state index in [0.29, 0.717) is 30.6 Å². The molecule has 0 atom stereocenters. The van der Waals surface area contributed by atoms with Crippen LogP contribution in [0.15, 0.2) is 24.3 Å². The number of rotatable bonds is 3. The van der Waals surface area contributed by atoms with Crippen LogP contribution in [-0.4, -0.2) is 28.5 Å². The van der Waals surface area contributed by atoms with Gasteiger partial charge in [0.25, 0.3) is 0 Å². The monoisotopic (exact) mass is 400 g/mol. The van der Waals surface area contributed by atoms with Crippen LogP contribution in [0.5, 0.6) is 0 Å². The van der Waals surface area contributed by atoms with Gasteiger partial charge >= 0.3 is 6.18 Å². The smallest absolute Gasteiger partial charge is 0.383 e. The van der Waals surface area contributed by atoms with Gasteiger partial charge in [-0.15, -0.1) is 0 Å². The SMILES string of the molecule is N#Cc1c(N)nc2c(c1-c1ccc(CC(F)(F)F)cc1)CN(C(=O)C1CC1)CC2. The Morgan fingerprint density at radius 2 is 1.97 bits per heavy atom. The average molecular weight is 400 g/mol. The Morgan fingerprint density at radius 3 is 2.55 bits per heavy atom. The van der Waals surface area contributed by atoms with Crippen LogP contribution < -0.4 is 5.73 Å². The summed E-state index contributed by atoms with van der Waals surface area (Å²) in [7, 11) is 0. The summed E-state index contributed by atoms with van der Waals surface area (Å²) in [6, 6.07) is 8.02. The highest BCUT2D eigenvalue weighted by Crippen LogP contribution is 2.38. The molecule has 150 valence electrons. The van der Waals surface area contributed by atoms with E-state index in [4.69, 9.17) is 5.73 Å². The minimum absolute atomic E-state index is 0.0823. The van der Waals surface area contributed by atoms with E-state index in [1.54, 1.807) is 17.0 Å². The lowest BCUT2D eigenvalue weighted by Crippen LogP contribution is -2.37. The first-order valence-corrected chi connectivity index (χ1v) is 9.43. The van der Waals surface area contributed by atoms with Crippen molar-refractivity contribution in [2.45, 2.75) is 38.4 Å². The summed E-state index contributed by atoms with van der Waals surface area (Å²) in [6.07, 6.45) is -2.97. The van der Waals surface area contributed by atoms with Crippen molar-refractivity contribution in [2.75, 3.05) is 12.3 Å². The number of nitrogen functional groups attached to an aromatic ring is 1. The fourth-order valence-corrected chi connectivity index (χ4v) is 3.81. The summed E-state index contributed by atoms with van der Waals surface area (Å²) in [4.78, 5) is 18.7. The van der Waals surface area contributed by atoms with Gasteiger partial charge in [-0.1, -0.05) is 24.3 Å². The van der Waals surface area contributed by atoms with Gasteiger partial charge in [-0.25, -0.2) is 4.98 Å². The first-order chi connectivity index (χ1) is 13.8. The van der Waals surface area contributed by atoms with Crippen molar-refractivity contribution in [3.05, 3.63) is 46.6 Å². The number of carbonyl (C=O) groups excluding carboxylic acids is 1. The predicted molar refractivity (Wildman–Crippen MR) is 100 cm³/mol. The molecule has 1 saturated carbocycles. The zero-order chi connectivity index (χ0) is 20.8. The zero-order valence-corrected chi connectivity index (χ0v) is 15.6. The van der Waals surface area contributed by atoms with Gasteiger partial charge < -0.3 is 10.6 Å². The molecule has 1 aliphatic heterocycles. The number of hydrogen-bond acceptors (Lipinski definition) is 4. The minimum atomic E-state index is -4.29. The maximum Gasteiger partial charge on any atom is 0.393 e. The molecule has 0 radical (unpaired) electrons. The molecule has 2 heterocycles. The molecule has 1 fully saturated rings. The van der Waals surface area contributed by atoms with Crippen molar-refractivity contribution in [3.8, 4) is 17.2 Å². The van der Waals surface area contributed by atoms with Crippen LogP contribution in [0.2, 0.25) is 0 Å². The molecule has 2 N–H and O–H groups in total.